The highest BCUT2D eigenvalue weighted by atomic mass is 16.5. The molecule has 0 saturated carbocycles. The maximum atomic E-state index is 12.8. The van der Waals surface area contributed by atoms with E-state index in [-0.39, 0.29) is 0 Å². The molecule has 0 bridgehead atoms. The molecule has 0 aliphatic heterocycles. The monoisotopic (exact) mass is 485 g/mol. The minimum atomic E-state index is -1.20. The molecule has 1 aromatic heterocycles. The Hall–Kier alpha value is -4.39. The molecule has 184 valence electrons. The van der Waals surface area contributed by atoms with Crippen molar-refractivity contribution in [2.45, 2.75) is 39.3 Å². The molecule has 1 amide bonds. The van der Waals surface area contributed by atoms with Crippen molar-refractivity contribution < 1.29 is 23.8 Å². The molecular formula is C29H27NO6. The number of amides is 1. The molecule has 0 saturated heterocycles. The lowest BCUT2D eigenvalue weighted by Gasteiger charge is -2.20. The van der Waals surface area contributed by atoms with Crippen LogP contribution in [0.1, 0.15) is 40.8 Å². The van der Waals surface area contributed by atoms with Crippen molar-refractivity contribution in [2.24, 2.45) is 0 Å². The standard InChI is InChI=1S/C29H27NO6/c1-17-22-14-15-24(18(2)26(22)36-29(34)23(17)16-20-10-6-4-7-11-20)35-19(3)27(31)30-25(28(32)33)21-12-8-5-9-13-21/h4-15,19,25H,16H2,1-3H3,(H,30,31)(H,32,33)/t19?,25-/m1/s1. The Bertz CT molecular complexity index is 1460. The van der Waals surface area contributed by atoms with Gasteiger partial charge in [0.2, 0.25) is 0 Å². The van der Waals surface area contributed by atoms with E-state index in [0.29, 0.717) is 34.4 Å². The summed E-state index contributed by atoms with van der Waals surface area (Å²) in [6, 6.07) is 20.5. The Morgan fingerprint density at radius 3 is 2.22 bits per heavy atom. The van der Waals surface area contributed by atoms with Gasteiger partial charge in [-0.05, 0) is 49.6 Å². The second-order valence-electron chi connectivity index (χ2n) is 8.67. The number of fused-ring (bicyclic) bond motifs is 1. The SMILES string of the molecule is Cc1c(Cc2ccccc2)c(=O)oc2c(C)c(OC(C)C(=O)N[C@@H](C(=O)O)c3ccccc3)ccc12. The van der Waals surface area contributed by atoms with Crippen molar-refractivity contribution in [3.8, 4) is 5.75 Å². The predicted molar refractivity (Wildman–Crippen MR) is 136 cm³/mol. The number of carbonyl (C=O) groups is 2. The summed E-state index contributed by atoms with van der Waals surface area (Å²) in [4.78, 5) is 37.3. The van der Waals surface area contributed by atoms with Crippen molar-refractivity contribution in [2.75, 3.05) is 0 Å². The number of rotatable bonds is 8. The molecule has 2 atom stereocenters. The van der Waals surface area contributed by atoms with Crippen LogP contribution in [-0.2, 0) is 16.0 Å². The van der Waals surface area contributed by atoms with Gasteiger partial charge in [0.25, 0.3) is 5.91 Å². The van der Waals surface area contributed by atoms with Crippen LogP contribution in [0.5, 0.6) is 5.75 Å². The van der Waals surface area contributed by atoms with E-state index < -0.39 is 29.6 Å². The van der Waals surface area contributed by atoms with Gasteiger partial charge in [-0.2, -0.15) is 0 Å². The van der Waals surface area contributed by atoms with E-state index in [1.807, 2.05) is 37.3 Å². The van der Waals surface area contributed by atoms with Crippen LogP contribution in [-0.4, -0.2) is 23.1 Å². The number of nitrogens with one attached hydrogen (secondary N) is 1. The Morgan fingerprint density at radius 1 is 0.944 bits per heavy atom. The first-order chi connectivity index (χ1) is 17.3. The third kappa shape index (κ3) is 5.15. The quantitative estimate of drug-likeness (QED) is 0.350. The fraction of sp³-hybridized carbons (Fsp3) is 0.207. The lowest BCUT2D eigenvalue weighted by atomic mass is 9.98. The average Bonchev–Trinajstić information content (AvgIpc) is 2.87. The Labute approximate surface area is 208 Å². The first-order valence-electron chi connectivity index (χ1n) is 11.6. The van der Waals surface area contributed by atoms with Crippen molar-refractivity contribution in [1.29, 1.82) is 0 Å². The Morgan fingerprint density at radius 2 is 1.58 bits per heavy atom. The highest BCUT2D eigenvalue weighted by molar-refractivity contribution is 5.88. The van der Waals surface area contributed by atoms with Gasteiger partial charge in [-0.1, -0.05) is 60.7 Å². The van der Waals surface area contributed by atoms with Gasteiger partial charge < -0.3 is 19.6 Å². The molecule has 0 aliphatic carbocycles. The highest BCUT2D eigenvalue weighted by Crippen LogP contribution is 2.30. The molecule has 0 aliphatic rings. The zero-order chi connectivity index (χ0) is 25.8. The topological polar surface area (TPSA) is 106 Å². The molecular weight excluding hydrogens is 458 g/mol. The van der Waals surface area contributed by atoms with Crippen LogP contribution < -0.4 is 15.7 Å². The van der Waals surface area contributed by atoms with Crippen LogP contribution in [0.2, 0.25) is 0 Å². The van der Waals surface area contributed by atoms with Gasteiger partial charge in [-0.25, -0.2) is 9.59 Å². The zero-order valence-electron chi connectivity index (χ0n) is 20.3. The van der Waals surface area contributed by atoms with E-state index in [2.05, 4.69) is 5.32 Å². The number of aliphatic carboxylic acids is 1. The summed E-state index contributed by atoms with van der Waals surface area (Å²) in [5, 5.41) is 12.9. The normalized spacial score (nSPS) is 12.6. The summed E-state index contributed by atoms with van der Waals surface area (Å²) in [5.74, 6) is -1.39. The molecule has 4 rings (SSSR count). The molecule has 0 spiro atoms. The van der Waals surface area contributed by atoms with Crippen molar-refractivity contribution in [3.63, 3.8) is 0 Å². The molecule has 4 aromatic rings. The van der Waals surface area contributed by atoms with Crippen LogP contribution in [0.3, 0.4) is 0 Å². The van der Waals surface area contributed by atoms with Crippen molar-refractivity contribution >= 4 is 22.8 Å². The van der Waals surface area contributed by atoms with Gasteiger partial charge in [-0.3, -0.25) is 4.79 Å². The largest absolute Gasteiger partial charge is 0.480 e. The highest BCUT2D eigenvalue weighted by Gasteiger charge is 2.26. The molecule has 36 heavy (non-hydrogen) atoms. The molecule has 0 fully saturated rings. The number of hydrogen-bond donors (Lipinski definition) is 2. The number of ether oxygens (including phenoxy) is 1. The number of hydrogen-bond acceptors (Lipinski definition) is 5. The second-order valence-corrected chi connectivity index (χ2v) is 8.67. The number of carboxylic acids is 1. The molecule has 7 nitrogen and oxygen atoms in total. The molecule has 1 heterocycles. The van der Waals surface area contributed by atoms with Crippen molar-refractivity contribution in [1.82, 2.24) is 5.32 Å². The summed E-state index contributed by atoms with van der Waals surface area (Å²) >= 11 is 0. The van der Waals surface area contributed by atoms with E-state index in [1.54, 1.807) is 49.4 Å². The van der Waals surface area contributed by atoms with E-state index in [1.165, 1.54) is 6.92 Å². The van der Waals surface area contributed by atoms with Gasteiger partial charge in [-0.15, -0.1) is 0 Å². The fourth-order valence-corrected chi connectivity index (χ4v) is 4.14. The maximum absolute atomic E-state index is 12.8. The van der Waals surface area contributed by atoms with Gasteiger partial charge in [0.1, 0.15) is 11.3 Å². The van der Waals surface area contributed by atoms with E-state index in [4.69, 9.17) is 9.15 Å². The minimum absolute atomic E-state index is 0.370. The Kier molecular flexibility index (Phi) is 7.20. The third-order valence-electron chi connectivity index (χ3n) is 6.22. The Balaban J connectivity index is 1.57. The van der Waals surface area contributed by atoms with E-state index >= 15 is 0 Å². The van der Waals surface area contributed by atoms with Crippen LogP contribution in [0.4, 0.5) is 0 Å². The lowest BCUT2D eigenvalue weighted by Crippen LogP contribution is -2.41. The van der Waals surface area contributed by atoms with Crippen molar-refractivity contribution in [3.05, 3.63) is 111 Å². The van der Waals surface area contributed by atoms with Crippen LogP contribution in [0.15, 0.2) is 82.0 Å². The third-order valence-corrected chi connectivity index (χ3v) is 6.22. The molecule has 1 unspecified atom stereocenters. The van der Waals surface area contributed by atoms with Gasteiger partial charge >= 0.3 is 11.6 Å². The summed E-state index contributed by atoms with van der Waals surface area (Å²) < 4.78 is 11.6. The molecule has 2 N–H and O–H groups in total. The van der Waals surface area contributed by atoms with Gasteiger partial charge in [0, 0.05) is 22.9 Å². The summed E-state index contributed by atoms with van der Waals surface area (Å²) in [6.07, 6.45) is -0.525. The lowest BCUT2D eigenvalue weighted by molar-refractivity contribution is -0.143. The number of aryl methyl sites for hydroxylation is 2. The number of benzene rings is 3. The van der Waals surface area contributed by atoms with Gasteiger partial charge in [0.15, 0.2) is 12.1 Å². The minimum Gasteiger partial charge on any atom is -0.480 e. The molecule has 7 heteroatoms. The first-order valence-corrected chi connectivity index (χ1v) is 11.6. The maximum Gasteiger partial charge on any atom is 0.340 e. The average molecular weight is 486 g/mol. The van der Waals surface area contributed by atoms with Crippen LogP contribution >= 0.6 is 0 Å². The smallest absolute Gasteiger partial charge is 0.340 e. The zero-order valence-corrected chi connectivity index (χ0v) is 20.3. The number of carbonyl (C=O) groups excluding carboxylic acids is 1. The van der Waals surface area contributed by atoms with E-state index in [0.717, 1.165) is 16.5 Å². The van der Waals surface area contributed by atoms with E-state index in [9.17, 15) is 19.5 Å². The summed E-state index contributed by atoms with van der Waals surface area (Å²) in [5.41, 5.74) is 3.45. The molecule has 3 aromatic carbocycles. The van der Waals surface area contributed by atoms with Crippen LogP contribution in [0, 0.1) is 13.8 Å². The predicted octanol–water partition coefficient (Wildman–Crippen LogP) is 4.71. The summed E-state index contributed by atoms with van der Waals surface area (Å²) in [7, 11) is 0. The van der Waals surface area contributed by atoms with Gasteiger partial charge in [0.05, 0.1) is 0 Å². The first kappa shape index (κ1) is 24.7. The number of carboxylic acid groups (broad SMARTS) is 1. The fourth-order valence-electron chi connectivity index (χ4n) is 4.14. The second kappa shape index (κ2) is 10.5. The summed E-state index contributed by atoms with van der Waals surface area (Å²) in [6.45, 7) is 5.18. The molecule has 0 radical (unpaired) electrons. The van der Waals surface area contributed by atoms with Crippen LogP contribution in [0.25, 0.3) is 11.0 Å².